The molecule has 0 unspecified atom stereocenters. The summed E-state index contributed by atoms with van der Waals surface area (Å²) in [5.41, 5.74) is 3.59. The number of aromatic nitrogens is 1. The molecule has 88 valence electrons. The van der Waals surface area contributed by atoms with Gasteiger partial charge in [-0.25, -0.2) is 10.8 Å². The summed E-state index contributed by atoms with van der Waals surface area (Å²) in [6.07, 6.45) is 1.78. The fourth-order valence-corrected chi connectivity index (χ4v) is 2.22. The molecule has 4 N–H and O–H groups in total. The molecule has 4 nitrogen and oxygen atoms in total. The maximum absolute atomic E-state index is 9.33. The second-order valence-electron chi connectivity index (χ2n) is 3.48. The van der Waals surface area contributed by atoms with Crippen LogP contribution in [0.5, 0.6) is 5.75 Å². The predicted molar refractivity (Wildman–Crippen MR) is 69.7 cm³/mol. The average Bonchev–Trinajstić information content (AvgIpc) is 2.37. The molecule has 0 spiro atoms. The van der Waals surface area contributed by atoms with E-state index in [9.17, 15) is 5.11 Å². The van der Waals surface area contributed by atoms with Gasteiger partial charge in [-0.05, 0) is 29.8 Å². The number of nitrogens with two attached hydrogens (primary N) is 1. The van der Waals surface area contributed by atoms with Crippen molar-refractivity contribution in [1.29, 1.82) is 0 Å². The molecule has 0 radical (unpaired) electrons. The van der Waals surface area contributed by atoms with Crippen LogP contribution in [0, 0.1) is 0 Å². The van der Waals surface area contributed by atoms with Crippen molar-refractivity contribution in [3.63, 3.8) is 0 Å². The Morgan fingerprint density at radius 1 is 1.29 bits per heavy atom. The smallest absolute Gasteiger partial charge is 0.139 e. The van der Waals surface area contributed by atoms with E-state index >= 15 is 0 Å². The number of rotatable bonds is 4. The number of phenols is 1. The number of phenolic OH excluding ortho intramolecular Hbond substituents is 1. The quantitative estimate of drug-likeness (QED) is 0.439. The van der Waals surface area contributed by atoms with Crippen molar-refractivity contribution in [2.75, 3.05) is 5.43 Å². The van der Waals surface area contributed by atoms with Crippen LogP contribution in [0.2, 0.25) is 0 Å². The summed E-state index contributed by atoms with van der Waals surface area (Å²) in [6.45, 7) is 0. The summed E-state index contributed by atoms with van der Waals surface area (Å²) in [5.74, 6) is 6.98. The third-order valence-electron chi connectivity index (χ3n) is 2.20. The topological polar surface area (TPSA) is 71.2 Å². The van der Waals surface area contributed by atoms with Crippen LogP contribution in [0.3, 0.4) is 0 Å². The molecule has 2 rings (SSSR count). The summed E-state index contributed by atoms with van der Waals surface area (Å²) in [7, 11) is 0. The van der Waals surface area contributed by atoms with Gasteiger partial charge in [0.05, 0.1) is 0 Å². The highest BCUT2D eigenvalue weighted by Crippen LogP contribution is 2.25. The minimum absolute atomic E-state index is 0.288. The monoisotopic (exact) mass is 247 g/mol. The Bertz CT molecular complexity index is 487. The van der Waals surface area contributed by atoms with Crippen molar-refractivity contribution in [2.24, 2.45) is 5.84 Å². The summed E-state index contributed by atoms with van der Waals surface area (Å²) in [6, 6.07) is 11.0. The van der Waals surface area contributed by atoms with Crippen molar-refractivity contribution in [1.82, 2.24) is 4.98 Å². The molecule has 1 aromatic heterocycles. The number of benzene rings is 1. The van der Waals surface area contributed by atoms with Crippen LogP contribution in [-0.4, -0.2) is 10.1 Å². The zero-order valence-corrected chi connectivity index (χ0v) is 9.95. The van der Waals surface area contributed by atoms with Gasteiger partial charge in [-0.3, -0.25) is 0 Å². The van der Waals surface area contributed by atoms with E-state index < -0.39 is 0 Å². The van der Waals surface area contributed by atoms with Crippen LogP contribution in [0.4, 0.5) is 5.82 Å². The Kier molecular flexibility index (Phi) is 3.85. The molecule has 0 aliphatic rings. The molecule has 1 aromatic carbocycles. The Labute approximate surface area is 104 Å². The van der Waals surface area contributed by atoms with E-state index in [-0.39, 0.29) is 5.75 Å². The van der Waals surface area contributed by atoms with Crippen molar-refractivity contribution < 1.29 is 5.11 Å². The summed E-state index contributed by atoms with van der Waals surface area (Å²) in [4.78, 5) is 5.16. The van der Waals surface area contributed by atoms with Crippen molar-refractivity contribution >= 4 is 17.6 Å². The standard InChI is InChI=1S/C12H13N3OS/c13-15-12-5-4-9(7-14-12)8-17-11-3-1-2-10(16)6-11/h1-7,16H,8,13H2,(H,14,15). The highest BCUT2D eigenvalue weighted by molar-refractivity contribution is 7.98. The first-order valence-electron chi connectivity index (χ1n) is 5.11. The summed E-state index contributed by atoms with van der Waals surface area (Å²) in [5, 5.41) is 9.33. The molecule has 0 fully saturated rings. The fourth-order valence-electron chi connectivity index (χ4n) is 1.34. The Morgan fingerprint density at radius 2 is 2.18 bits per heavy atom. The molecule has 2 aromatic rings. The molecule has 0 atom stereocenters. The maximum Gasteiger partial charge on any atom is 0.139 e. The van der Waals surface area contributed by atoms with Crippen LogP contribution in [0.1, 0.15) is 5.56 Å². The molecule has 5 heteroatoms. The zero-order chi connectivity index (χ0) is 12.1. The summed E-state index contributed by atoms with van der Waals surface area (Å²) >= 11 is 1.65. The van der Waals surface area contributed by atoms with E-state index in [0.29, 0.717) is 5.82 Å². The first-order valence-corrected chi connectivity index (χ1v) is 6.10. The number of aromatic hydroxyl groups is 1. The van der Waals surface area contributed by atoms with Gasteiger partial charge in [0.15, 0.2) is 0 Å². The number of anilines is 1. The number of hydrogen-bond acceptors (Lipinski definition) is 5. The number of pyridine rings is 1. The van der Waals surface area contributed by atoms with E-state index in [2.05, 4.69) is 10.4 Å². The first kappa shape index (κ1) is 11.8. The number of thioether (sulfide) groups is 1. The van der Waals surface area contributed by atoms with E-state index in [1.807, 2.05) is 24.3 Å². The lowest BCUT2D eigenvalue weighted by molar-refractivity contribution is 0.474. The van der Waals surface area contributed by atoms with Crippen LogP contribution in [0.15, 0.2) is 47.5 Å². The number of hydrazine groups is 1. The average molecular weight is 247 g/mol. The number of nitrogen functional groups attached to an aromatic ring is 1. The van der Waals surface area contributed by atoms with Crippen molar-refractivity contribution in [2.45, 2.75) is 10.6 Å². The molecule has 0 aliphatic carbocycles. The van der Waals surface area contributed by atoms with Crippen LogP contribution in [-0.2, 0) is 5.75 Å². The minimum Gasteiger partial charge on any atom is -0.508 e. The third kappa shape index (κ3) is 3.37. The molecule has 0 amide bonds. The van der Waals surface area contributed by atoms with Gasteiger partial charge < -0.3 is 10.5 Å². The van der Waals surface area contributed by atoms with Gasteiger partial charge in [0.2, 0.25) is 0 Å². The van der Waals surface area contributed by atoms with Crippen LogP contribution >= 0.6 is 11.8 Å². The number of nitrogens with zero attached hydrogens (tertiary/aromatic N) is 1. The molecule has 0 bridgehead atoms. The lowest BCUT2D eigenvalue weighted by Crippen LogP contribution is -2.08. The fraction of sp³-hybridized carbons (Fsp3) is 0.0833. The molecule has 0 saturated carbocycles. The summed E-state index contributed by atoms with van der Waals surface area (Å²) < 4.78 is 0. The lowest BCUT2D eigenvalue weighted by atomic mass is 10.3. The van der Waals surface area contributed by atoms with Crippen molar-refractivity contribution in [3.8, 4) is 5.75 Å². The molecule has 0 aliphatic heterocycles. The molecule has 0 saturated heterocycles. The Balaban J connectivity index is 1.97. The van der Waals surface area contributed by atoms with Crippen LogP contribution < -0.4 is 11.3 Å². The van der Waals surface area contributed by atoms with Gasteiger partial charge in [0, 0.05) is 16.8 Å². The maximum atomic E-state index is 9.33. The van der Waals surface area contributed by atoms with Gasteiger partial charge in [-0.1, -0.05) is 12.1 Å². The van der Waals surface area contributed by atoms with Gasteiger partial charge >= 0.3 is 0 Å². The molecule has 17 heavy (non-hydrogen) atoms. The molecular formula is C12H13N3OS. The van der Waals surface area contributed by atoms with E-state index in [1.165, 1.54) is 0 Å². The lowest BCUT2D eigenvalue weighted by Gasteiger charge is -2.03. The van der Waals surface area contributed by atoms with Gasteiger partial charge in [0.25, 0.3) is 0 Å². The van der Waals surface area contributed by atoms with Crippen molar-refractivity contribution in [3.05, 3.63) is 48.2 Å². The largest absolute Gasteiger partial charge is 0.508 e. The van der Waals surface area contributed by atoms with Gasteiger partial charge in [-0.15, -0.1) is 11.8 Å². The SMILES string of the molecule is NNc1ccc(CSc2cccc(O)c2)cn1. The zero-order valence-electron chi connectivity index (χ0n) is 9.13. The normalized spacial score (nSPS) is 10.2. The van der Waals surface area contributed by atoms with E-state index in [4.69, 9.17) is 5.84 Å². The Hall–Kier alpha value is -1.72. The Morgan fingerprint density at radius 3 is 2.82 bits per heavy atom. The van der Waals surface area contributed by atoms with Gasteiger partial charge in [0.1, 0.15) is 11.6 Å². The number of nitrogens with one attached hydrogen (secondary N) is 1. The highest BCUT2D eigenvalue weighted by Gasteiger charge is 1.98. The van der Waals surface area contributed by atoms with E-state index in [1.54, 1.807) is 30.1 Å². The molecule has 1 heterocycles. The second-order valence-corrected chi connectivity index (χ2v) is 4.53. The first-order chi connectivity index (χ1) is 8.28. The van der Waals surface area contributed by atoms with Crippen LogP contribution in [0.25, 0.3) is 0 Å². The highest BCUT2D eigenvalue weighted by atomic mass is 32.2. The van der Waals surface area contributed by atoms with E-state index in [0.717, 1.165) is 16.2 Å². The predicted octanol–water partition coefficient (Wildman–Crippen LogP) is 2.37. The number of hydrogen-bond donors (Lipinski definition) is 3. The van der Waals surface area contributed by atoms with Gasteiger partial charge in [-0.2, -0.15) is 0 Å². The third-order valence-corrected chi connectivity index (χ3v) is 3.26. The second kappa shape index (κ2) is 5.56. The minimum atomic E-state index is 0.288. The molecular weight excluding hydrogens is 234 g/mol.